The summed E-state index contributed by atoms with van der Waals surface area (Å²) in [6.45, 7) is 117. The van der Waals surface area contributed by atoms with E-state index in [1.165, 1.54) is 259 Å². The summed E-state index contributed by atoms with van der Waals surface area (Å²) in [6.07, 6.45) is 53.9. The van der Waals surface area contributed by atoms with Crippen LogP contribution in [0.2, 0.25) is 0 Å². The van der Waals surface area contributed by atoms with Gasteiger partial charge in [-0.2, -0.15) is 0 Å². The maximum absolute atomic E-state index is 2.46. The van der Waals surface area contributed by atoms with E-state index in [1.807, 2.05) is 0 Å². The zero-order chi connectivity index (χ0) is 110. The number of amidine groups is 8. The van der Waals surface area contributed by atoms with Gasteiger partial charge < -0.3 is 0 Å². The molecule has 143 heavy (non-hydrogen) atoms. The Balaban J connectivity index is 0.000000767. The topological polar surface area (TPSA) is 50.0 Å². The molecule has 16 heteroatoms. The van der Waals surface area contributed by atoms with Crippen LogP contribution in [0.4, 0.5) is 0 Å². The highest BCUT2D eigenvalue weighted by molar-refractivity contribution is 5.81. The molecule has 12 atom stereocenters. The number of nitrogens with zero attached hydrogens (tertiary/aromatic N) is 16. The van der Waals surface area contributed by atoms with Crippen molar-refractivity contribution < 1.29 is 36.6 Å². The molecule has 842 valence electrons. The maximum atomic E-state index is 2.46. The highest BCUT2D eigenvalue weighted by Gasteiger charge is 2.49. The lowest BCUT2D eigenvalue weighted by Crippen LogP contribution is -2.63. The standard InChI is InChI=1S/5C10H21N2.C9H18.3C8H17N2.C8H16.2C7H14.2C6H12.2C5H10/c5*1-7(2)11-9(5)12(8(3)4)10(11)6;1-6-5-7(2)9(4)8(6)3;3*1-6(2)10-7(3)9(5)8(10)4;1-7(2)8-5-3-4-6-8;2*1-2-7-5-3-4-6-7;2*1-6-4-2-3-5-6;2*1-2-4-5-3-1/h5*7-9H,1-6H3;6-9H,5H2,1-4H3;3*6-7H,1-5H3;7-8H,3-6H2,1-2H3;2*7H,2-6H2,1H3;2*6H,2-5H2,1H3;2*1-5H2/q5*+1;;3*+1;;;;;;;. The van der Waals surface area contributed by atoms with Gasteiger partial charge in [-0.3, -0.25) is 0 Å². The van der Waals surface area contributed by atoms with Gasteiger partial charge in [0.15, 0.2) is 0 Å². The Labute approximate surface area is 897 Å². The van der Waals surface area contributed by atoms with Crippen molar-refractivity contribution in [2.75, 3.05) is 21.1 Å². The smallest absolute Gasteiger partial charge is 0.229 e. The predicted octanol–water partition coefficient (Wildman–Crippen LogP) is 32.1. The van der Waals surface area contributed by atoms with E-state index in [-0.39, 0.29) is 0 Å². The first-order valence-electron chi connectivity index (χ1n) is 61.6. The first-order valence-corrected chi connectivity index (χ1v) is 61.6. The summed E-state index contributed by atoms with van der Waals surface area (Å²) < 4.78 is 19.2. The molecule has 0 amide bonds. The Kier molecular flexibility index (Phi) is 65.6. The minimum Gasteiger partial charge on any atom is -0.229 e. The molecule has 16 aliphatic rings. The molecule has 16 nitrogen and oxygen atoms in total. The van der Waals surface area contributed by atoms with E-state index in [2.05, 4.69) is 457 Å². The van der Waals surface area contributed by atoms with Crippen molar-refractivity contribution in [1.29, 1.82) is 0 Å². The van der Waals surface area contributed by atoms with E-state index in [9.17, 15) is 0 Å². The molecule has 0 aromatic heterocycles. The van der Waals surface area contributed by atoms with E-state index < -0.39 is 0 Å². The summed E-state index contributed by atoms with van der Waals surface area (Å²) in [7, 11) is 6.41. The normalized spacial score (nSPS) is 26.2. The molecule has 0 radical (unpaired) electrons. The lowest BCUT2D eigenvalue weighted by molar-refractivity contribution is -0.652. The third-order valence-corrected chi connectivity index (χ3v) is 36.1. The highest BCUT2D eigenvalue weighted by atomic mass is 15.5. The largest absolute Gasteiger partial charge is 0.250 e. The number of hydrogen-bond acceptors (Lipinski definition) is 8. The Hall–Kier alpha value is -4.24. The first-order chi connectivity index (χ1) is 66.6. The second-order valence-corrected chi connectivity index (χ2v) is 51.4. The van der Waals surface area contributed by atoms with Crippen molar-refractivity contribution in [1.82, 2.24) is 39.2 Å². The van der Waals surface area contributed by atoms with Crippen LogP contribution in [0, 0.1) is 59.2 Å². The number of rotatable bonds is 16. The van der Waals surface area contributed by atoms with Crippen LogP contribution >= 0.6 is 0 Å². The van der Waals surface area contributed by atoms with E-state index in [0.29, 0.717) is 128 Å². The average Bonchev–Trinajstić information content (AvgIpc) is 1.56. The Morgan fingerprint density at radius 2 is 0.364 bits per heavy atom. The predicted molar refractivity (Wildman–Crippen MR) is 636 cm³/mol. The fraction of sp³-hybridized carbons (Fsp3) is 0.937. The molecule has 0 N–H and O–H groups in total. The van der Waals surface area contributed by atoms with E-state index in [0.717, 1.165) is 59.2 Å². The van der Waals surface area contributed by atoms with Gasteiger partial charge in [-0.25, -0.2) is 75.8 Å². The molecule has 8 saturated carbocycles. The first kappa shape index (κ1) is 137. The van der Waals surface area contributed by atoms with Crippen LogP contribution in [0.3, 0.4) is 0 Å². The zero-order valence-electron chi connectivity index (χ0n) is 107. The van der Waals surface area contributed by atoms with Crippen LogP contribution in [0.5, 0.6) is 0 Å². The second kappa shape index (κ2) is 68.6. The van der Waals surface area contributed by atoms with Gasteiger partial charge in [0.25, 0.3) is 29.2 Å². The summed E-state index contributed by atoms with van der Waals surface area (Å²) in [6, 6.07) is 8.28. The molecule has 0 aromatic carbocycles. The van der Waals surface area contributed by atoms with Crippen LogP contribution in [0.15, 0.2) is 0 Å². The zero-order valence-corrected chi connectivity index (χ0v) is 107. The fourth-order valence-corrected chi connectivity index (χ4v) is 27.3. The van der Waals surface area contributed by atoms with Gasteiger partial charge in [0.2, 0.25) is 66.8 Å². The molecule has 0 aromatic rings. The molecule has 8 aliphatic carbocycles. The average molecular weight is 2010 g/mol. The second-order valence-electron chi connectivity index (χ2n) is 51.4. The molecule has 12 unspecified atom stereocenters. The fourth-order valence-electron chi connectivity index (χ4n) is 27.3. The summed E-state index contributed by atoms with van der Waals surface area (Å²) >= 11 is 0. The lowest BCUT2D eigenvalue weighted by Gasteiger charge is -2.39. The van der Waals surface area contributed by atoms with Gasteiger partial charge in [0.1, 0.15) is 0 Å². The summed E-state index contributed by atoms with van der Waals surface area (Å²) in [5, 5.41) is 0. The van der Waals surface area contributed by atoms with Crippen LogP contribution in [-0.4, -0.2) is 272 Å². The van der Waals surface area contributed by atoms with Crippen molar-refractivity contribution in [2.45, 2.75) is 700 Å². The van der Waals surface area contributed by atoms with Crippen molar-refractivity contribution in [3.63, 3.8) is 0 Å². The summed E-state index contributed by atoms with van der Waals surface area (Å²) in [5.74, 6) is 21.4. The maximum Gasteiger partial charge on any atom is 0.250 e. The minimum atomic E-state index is 0.588. The van der Waals surface area contributed by atoms with Gasteiger partial charge in [-0.1, -0.05) is 275 Å². The van der Waals surface area contributed by atoms with Crippen LogP contribution in [0.25, 0.3) is 0 Å². The molecule has 0 bridgehead atoms. The van der Waals surface area contributed by atoms with Crippen LogP contribution in [-0.2, 0) is 0 Å². The lowest BCUT2D eigenvalue weighted by atomic mass is 9.92. The van der Waals surface area contributed by atoms with Crippen molar-refractivity contribution in [3.8, 4) is 0 Å². The van der Waals surface area contributed by atoms with E-state index in [4.69, 9.17) is 0 Å². The third-order valence-electron chi connectivity index (χ3n) is 36.1. The van der Waals surface area contributed by atoms with Crippen molar-refractivity contribution >= 4 is 46.7 Å². The molecule has 0 spiro atoms. The quantitative estimate of drug-likeness (QED) is 0.142. The third kappa shape index (κ3) is 42.4. The molecule has 8 fully saturated rings. The number of hydrogen-bond donors (Lipinski definition) is 0. The van der Waals surface area contributed by atoms with Crippen LogP contribution < -0.4 is 0 Å². The van der Waals surface area contributed by atoms with E-state index in [1.54, 1.807) is 0 Å². The summed E-state index contributed by atoms with van der Waals surface area (Å²) in [4.78, 5) is 19.5. The molecule has 16 rings (SSSR count). The van der Waals surface area contributed by atoms with Gasteiger partial charge in [-0.15, -0.1) is 0 Å². The van der Waals surface area contributed by atoms with Gasteiger partial charge in [0.05, 0.1) is 99.7 Å². The van der Waals surface area contributed by atoms with Gasteiger partial charge in [0, 0.05) is 111 Å². The molecular formula is C127H262N16+8. The van der Waals surface area contributed by atoms with Crippen LogP contribution in [0.1, 0.15) is 572 Å². The molecule has 8 aliphatic heterocycles. The minimum absolute atomic E-state index is 0.588. The Morgan fingerprint density at radius 3 is 0.448 bits per heavy atom. The van der Waals surface area contributed by atoms with Gasteiger partial charge >= 0.3 is 0 Å². The SMILES string of the molecule is C1CCCC1.C1CCCC1.CC(C)C1CCCC1.CC1=[N+](C(C)C)C(C)N1C(C)C.CC1=[N+](C(C)C)C(C)N1C(C)C.CC1=[N+](C(C)C)C(C)N1C(C)C.CC1=[N+](C(C)C)C(C)N1C(C)C.CC1=[N+](C(C)C)C(C)N1C(C)C.CC1=[N+](C)C(C)N1C(C)C.CC1=[N+](C)C(C)N1C(C)C.CC1=[N+](C)C(C)N1C(C)C.CC1CC(C)C(C)C1C.CC1CCCC1.CC1CCCC1.CCC1CCCC1.CCC1CCCC1. The van der Waals surface area contributed by atoms with Crippen molar-refractivity contribution in [2.24, 2.45) is 59.2 Å². The monoisotopic (exact) mass is 2010 g/mol. The van der Waals surface area contributed by atoms with Crippen molar-refractivity contribution in [3.05, 3.63) is 0 Å². The molecule has 0 saturated heterocycles. The van der Waals surface area contributed by atoms with Gasteiger partial charge in [-0.05, 0) is 246 Å². The Morgan fingerprint density at radius 1 is 0.210 bits per heavy atom. The molecule has 8 heterocycles. The molecular weight excluding hydrogens is 1750 g/mol. The highest BCUT2D eigenvalue weighted by Crippen LogP contribution is 2.41. The summed E-state index contributed by atoms with van der Waals surface area (Å²) in [5.41, 5.74) is 0. The van der Waals surface area contributed by atoms with E-state index >= 15 is 0 Å². The Bertz CT molecular complexity index is 3270.